The van der Waals surface area contributed by atoms with E-state index in [0.29, 0.717) is 23.1 Å². The molecule has 1 amide bonds. The SMILES string of the molecule is COC(=O)c1cc2cc(OC(C)c3ncc(F)cc3-n3cccn3)c(N(C)C(=O)c3ccccc3C=O)nc2cc1F. The highest BCUT2D eigenvalue weighted by atomic mass is 19.1. The van der Waals surface area contributed by atoms with Crippen molar-refractivity contribution < 1.29 is 32.6 Å². The van der Waals surface area contributed by atoms with Gasteiger partial charge in [0.05, 0.1) is 35.6 Å². The second kappa shape index (κ2) is 11.5. The first-order valence-electron chi connectivity index (χ1n) is 12.6. The Bertz CT molecular complexity index is 1830. The number of nitrogens with zero attached hydrogens (tertiary/aromatic N) is 5. The molecule has 212 valence electrons. The van der Waals surface area contributed by atoms with Crippen LogP contribution >= 0.6 is 0 Å². The van der Waals surface area contributed by atoms with Gasteiger partial charge in [-0.3, -0.25) is 19.5 Å². The molecule has 0 aliphatic heterocycles. The number of aldehydes is 1. The lowest BCUT2D eigenvalue weighted by Crippen LogP contribution is -2.29. The fourth-order valence-corrected chi connectivity index (χ4v) is 4.43. The summed E-state index contributed by atoms with van der Waals surface area (Å²) in [6, 6.07) is 13.0. The van der Waals surface area contributed by atoms with E-state index in [1.54, 1.807) is 31.3 Å². The quantitative estimate of drug-likeness (QED) is 0.186. The number of anilines is 1. The maximum absolute atomic E-state index is 14.8. The number of ether oxygens (including phenoxy) is 2. The van der Waals surface area contributed by atoms with Gasteiger partial charge in [0.15, 0.2) is 17.9 Å². The van der Waals surface area contributed by atoms with Gasteiger partial charge in [0.2, 0.25) is 0 Å². The van der Waals surface area contributed by atoms with Gasteiger partial charge in [0.1, 0.15) is 23.4 Å². The summed E-state index contributed by atoms with van der Waals surface area (Å²) in [6.45, 7) is 1.66. The lowest BCUT2D eigenvalue weighted by molar-refractivity contribution is 0.0595. The van der Waals surface area contributed by atoms with Gasteiger partial charge in [0.25, 0.3) is 5.91 Å². The van der Waals surface area contributed by atoms with Gasteiger partial charge < -0.3 is 9.47 Å². The van der Waals surface area contributed by atoms with Crippen LogP contribution in [0.2, 0.25) is 0 Å². The second-order valence-electron chi connectivity index (χ2n) is 9.16. The van der Waals surface area contributed by atoms with E-state index in [0.717, 1.165) is 19.4 Å². The summed E-state index contributed by atoms with van der Waals surface area (Å²) in [5.74, 6) is -2.85. The Balaban J connectivity index is 1.64. The van der Waals surface area contributed by atoms with E-state index in [1.165, 1.54) is 53.2 Å². The van der Waals surface area contributed by atoms with Gasteiger partial charge in [-0.1, -0.05) is 18.2 Å². The molecule has 5 aromatic rings. The van der Waals surface area contributed by atoms with Crippen LogP contribution in [0.5, 0.6) is 5.75 Å². The van der Waals surface area contributed by atoms with E-state index in [9.17, 15) is 23.2 Å². The van der Waals surface area contributed by atoms with E-state index >= 15 is 0 Å². The minimum absolute atomic E-state index is 0.00646. The molecule has 0 saturated carbocycles. The number of benzene rings is 2. The molecule has 1 atom stereocenters. The number of carbonyl (C=O) groups excluding carboxylic acids is 3. The molecule has 0 bridgehead atoms. The van der Waals surface area contributed by atoms with Crippen molar-refractivity contribution in [2.24, 2.45) is 0 Å². The smallest absolute Gasteiger partial charge is 0.340 e. The van der Waals surface area contributed by atoms with Gasteiger partial charge in [0, 0.05) is 42.5 Å². The topological polar surface area (TPSA) is 117 Å². The number of rotatable bonds is 8. The van der Waals surface area contributed by atoms with Crippen LogP contribution in [0.1, 0.15) is 49.8 Å². The number of hydrogen-bond donors (Lipinski definition) is 0. The van der Waals surface area contributed by atoms with Crippen LogP contribution in [0.4, 0.5) is 14.6 Å². The van der Waals surface area contributed by atoms with E-state index in [-0.39, 0.29) is 33.8 Å². The van der Waals surface area contributed by atoms with Crippen LogP contribution in [-0.2, 0) is 4.74 Å². The molecule has 0 radical (unpaired) electrons. The van der Waals surface area contributed by atoms with Crippen LogP contribution in [0.3, 0.4) is 0 Å². The standard InChI is InChI=1S/C30H23F2N5O5/c1-17(27-25(13-20(31)15-33-27)37-10-6-9-34-37)42-26-12-19-11-22(30(40)41-3)23(32)14-24(19)35-28(26)36(2)29(39)21-8-5-4-7-18(21)16-38/h4-17H,1-3H3. The van der Waals surface area contributed by atoms with Crippen molar-refractivity contribution in [1.29, 1.82) is 0 Å². The van der Waals surface area contributed by atoms with Gasteiger partial charge in [-0.15, -0.1) is 0 Å². The second-order valence-corrected chi connectivity index (χ2v) is 9.16. The molecule has 5 rings (SSSR count). The molecule has 1 unspecified atom stereocenters. The molecule has 3 heterocycles. The van der Waals surface area contributed by atoms with Crippen molar-refractivity contribution in [2.75, 3.05) is 19.1 Å². The number of methoxy groups -OCH3 is 1. The zero-order valence-electron chi connectivity index (χ0n) is 22.6. The molecule has 0 aliphatic rings. The molecule has 0 fully saturated rings. The molecule has 0 aliphatic carbocycles. The monoisotopic (exact) mass is 571 g/mol. The summed E-state index contributed by atoms with van der Waals surface area (Å²) in [7, 11) is 2.56. The Kier molecular flexibility index (Phi) is 7.69. The number of pyridine rings is 2. The molecule has 42 heavy (non-hydrogen) atoms. The van der Waals surface area contributed by atoms with Crippen LogP contribution in [0.15, 0.2) is 73.2 Å². The highest BCUT2D eigenvalue weighted by Crippen LogP contribution is 2.35. The fourth-order valence-electron chi connectivity index (χ4n) is 4.43. The van der Waals surface area contributed by atoms with Crippen molar-refractivity contribution in [3.63, 3.8) is 0 Å². The fraction of sp³-hybridized carbons (Fsp3) is 0.133. The van der Waals surface area contributed by atoms with Crippen molar-refractivity contribution >= 4 is 34.9 Å². The van der Waals surface area contributed by atoms with E-state index in [1.807, 2.05) is 0 Å². The lowest BCUT2D eigenvalue weighted by Gasteiger charge is -2.24. The van der Waals surface area contributed by atoms with Gasteiger partial charge in [-0.2, -0.15) is 5.10 Å². The van der Waals surface area contributed by atoms with Crippen molar-refractivity contribution in [3.8, 4) is 11.4 Å². The first kappa shape index (κ1) is 28.0. The zero-order chi connectivity index (χ0) is 30.0. The predicted molar refractivity (Wildman–Crippen MR) is 148 cm³/mol. The summed E-state index contributed by atoms with van der Waals surface area (Å²) in [5, 5.41) is 4.48. The van der Waals surface area contributed by atoms with Crippen molar-refractivity contribution in [1.82, 2.24) is 19.7 Å². The number of halogens is 2. The number of esters is 1. The van der Waals surface area contributed by atoms with Gasteiger partial charge in [-0.05, 0) is 31.2 Å². The van der Waals surface area contributed by atoms with Gasteiger partial charge in [-0.25, -0.2) is 23.2 Å². The molecule has 12 heteroatoms. The number of fused-ring (bicyclic) bond motifs is 1. The Morgan fingerprint density at radius 2 is 1.86 bits per heavy atom. The highest BCUT2D eigenvalue weighted by molar-refractivity contribution is 6.10. The maximum Gasteiger partial charge on any atom is 0.340 e. The largest absolute Gasteiger partial charge is 0.480 e. The molecule has 3 aromatic heterocycles. The van der Waals surface area contributed by atoms with E-state index in [4.69, 9.17) is 4.74 Å². The Morgan fingerprint density at radius 3 is 2.57 bits per heavy atom. The van der Waals surface area contributed by atoms with Crippen LogP contribution in [0.25, 0.3) is 16.6 Å². The summed E-state index contributed by atoms with van der Waals surface area (Å²) >= 11 is 0. The third kappa shape index (κ3) is 5.29. The molecule has 2 aromatic carbocycles. The summed E-state index contributed by atoms with van der Waals surface area (Å²) < 4.78 is 41.4. The average Bonchev–Trinajstić information content (AvgIpc) is 3.54. The summed E-state index contributed by atoms with van der Waals surface area (Å²) in [4.78, 5) is 47.2. The first-order chi connectivity index (χ1) is 20.2. The minimum Gasteiger partial charge on any atom is -0.480 e. The van der Waals surface area contributed by atoms with Crippen molar-refractivity contribution in [2.45, 2.75) is 13.0 Å². The summed E-state index contributed by atoms with van der Waals surface area (Å²) in [6.07, 6.45) is 3.92. The molecule has 0 N–H and O–H groups in total. The van der Waals surface area contributed by atoms with E-state index in [2.05, 4.69) is 19.8 Å². The third-order valence-electron chi connectivity index (χ3n) is 6.50. The van der Waals surface area contributed by atoms with Crippen LogP contribution in [-0.4, -0.2) is 52.1 Å². The Labute approximate surface area is 238 Å². The van der Waals surface area contributed by atoms with Crippen molar-refractivity contribution in [3.05, 3.63) is 107 Å². The van der Waals surface area contributed by atoms with E-state index < -0.39 is 29.6 Å². The number of hydrogen-bond acceptors (Lipinski definition) is 8. The highest BCUT2D eigenvalue weighted by Gasteiger charge is 2.26. The first-order valence-corrected chi connectivity index (χ1v) is 12.6. The molecular formula is C30H23F2N5O5. The molecular weight excluding hydrogens is 548 g/mol. The molecule has 0 saturated heterocycles. The number of carbonyl (C=O) groups is 3. The number of aromatic nitrogens is 4. The zero-order valence-corrected chi connectivity index (χ0v) is 22.6. The minimum atomic E-state index is -0.883. The third-order valence-corrected chi connectivity index (χ3v) is 6.50. The maximum atomic E-state index is 14.8. The average molecular weight is 572 g/mol. The Hall–Kier alpha value is -5.52. The summed E-state index contributed by atoms with van der Waals surface area (Å²) in [5.41, 5.74) is 0.728. The molecule has 0 spiro atoms. The lowest BCUT2D eigenvalue weighted by atomic mass is 10.1. The Morgan fingerprint density at radius 1 is 1.07 bits per heavy atom. The predicted octanol–water partition coefficient (Wildman–Crippen LogP) is 5.11. The van der Waals surface area contributed by atoms with Crippen LogP contribution in [0, 0.1) is 11.6 Å². The number of amides is 1. The molecule has 10 nitrogen and oxygen atoms in total. The van der Waals surface area contributed by atoms with Gasteiger partial charge >= 0.3 is 5.97 Å². The normalized spacial score (nSPS) is 11.6. The van der Waals surface area contributed by atoms with Crippen LogP contribution < -0.4 is 9.64 Å².